The van der Waals surface area contributed by atoms with E-state index in [9.17, 15) is 13.6 Å². The summed E-state index contributed by atoms with van der Waals surface area (Å²) >= 11 is 0. The summed E-state index contributed by atoms with van der Waals surface area (Å²) in [7, 11) is 2.67. The lowest BCUT2D eigenvalue weighted by atomic mass is 10.1. The van der Waals surface area contributed by atoms with E-state index in [2.05, 4.69) is 0 Å². The van der Waals surface area contributed by atoms with Gasteiger partial charge in [0.2, 0.25) is 0 Å². The smallest absolute Gasteiger partial charge is 0.280 e. The highest BCUT2D eigenvalue weighted by Crippen LogP contribution is 2.45. The van der Waals surface area contributed by atoms with Crippen LogP contribution in [0.2, 0.25) is 0 Å². The number of hydrogen-bond acceptors (Lipinski definition) is 4. The maximum absolute atomic E-state index is 14.2. The number of hydrogen-bond donors (Lipinski definition) is 0. The van der Waals surface area contributed by atoms with E-state index >= 15 is 0 Å². The van der Waals surface area contributed by atoms with Crippen LogP contribution in [0.4, 0.5) is 8.78 Å². The lowest BCUT2D eigenvalue weighted by Crippen LogP contribution is -2.31. The summed E-state index contributed by atoms with van der Waals surface area (Å²) in [5, 5.41) is 0.903. The molecule has 2 aromatic rings. The Hall–Kier alpha value is -2.67. The van der Waals surface area contributed by atoms with E-state index in [4.69, 9.17) is 14.3 Å². The molecule has 0 fully saturated rings. The van der Waals surface area contributed by atoms with Gasteiger partial charge in [-0.2, -0.15) is 0 Å². The topological polar surface area (TPSA) is 48.0 Å². The standard InChI is InChI=1S/C17H15F2NO4/c1-17(10-4-6-11(18)7-5-10)23-14-8-12(16(21)20(2)22-3)13(19)9-15(14)24-17/h4-9H,1-3H3. The fraction of sp³-hybridized carbons (Fsp3) is 0.235. The molecule has 0 bridgehead atoms. The molecule has 3 rings (SSSR count). The summed E-state index contributed by atoms with van der Waals surface area (Å²) in [5.74, 6) is -2.66. The van der Waals surface area contributed by atoms with Gasteiger partial charge in [-0.05, 0) is 30.3 Å². The Morgan fingerprint density at radius 3 is 2.29 bits per heavy atom. The first-order valence-electron chi connectivity index (χ1n) is 7.14. The third-order valence-corrected chi connectivity index (χ3v) is 3.80. The third kappa shape index (κ3) is 2.67. The van der Waals surface area contributed by atoms with Crippen LogP contribution in [-0.2, 0) is 10.6 Å². The fourth-order valence-electron chi connectivity index (χ4n) is 2.42. The molecule has 1 aliphatic heterocycles. The lowest BCUT2D eigenvalue weighted by Gasteiger charge is -2.23. The molecule has 1 heterocycles. The first-order valence-corrected chi connectivity index (χ1v) is 7.14. The van der Waals surface area contributed by atoms with E-state index in [1.54, 1.807) is 6.92 Å². The van der Waals surface area contributed by atoms with Crippen LogP contribution < -0.4 is 9.47 Å². The van der Waals surface area contributed by atoms with Crippen LogP contribution in [0.25, 0.3) is 0 Å². The van der Waals surface area contributed by atoms with Crippen LogP contribution >= 0.6 is 0 Å². The van der Waals surface area contributed by atoms with Crippen molar-refractivity contribution in [3.8, 4) is 11.5 Å². The van der Waals surface area contributed by atoms with Crippen LogP contribution in [0.5, 0.6) is 11.5 Å². The molecule has 5 nitrogen and oxygen atoms in total. The van der Waals surface area contributed by atoms with Gasteiger partial charge in [-0.25, -0.2) is 13.8 Å². The minimum Gasteiger partial charge on any atom is -0.445 e. The normalized spacial score (nSPS) is 18.5. The highest BCUT2D eigenvalue weighted by atomic mass is 19.1. The van der Waals surface area contributed by atoms with Gasteiger partial charge in [-0.3, -0.25) is 9.63 Å². The molecular weight excluding hydrogens is 320 g/mol. The summed E-state index contributed by atoms with van der Waals surface area (Å²) in [6.07, 6.45) is 0. The second-order valence-corrected chi connectivity index (χ2v) is 5.42. The van der Waals surface area contributed by atoms with Crippen molar-refractivity contribution in [3.63, 3.8) is 0 Å². The van der Waals surface area contributed by atoms with Crippen LogP contribution in [-0.4, -0.2) is 25.1 Å². The van der Waals surface area contributed by atoms with Crippen LogP contribution in [0.15, 0.2) is 36.4 Å². The largest absolute Gasteiger partial charge is 0.445 e. The number of carbonyl (C=O) groups is 1. The number of nitrogens with zero attached hydrogens (tertiary/aromatic N) is 1. The van der Waals surface area contributed by atoms with E-state index < -0.39 is 17.5 Å². The first-order chi connectivity index (χ1) is 11.3. The average Bonchev–Trinajstić information content (AvgIpc) is 2.89. The summed E-state index contributed by atoms with van der Waals surface area (Å²) in [6, 6.07) is 7.93. The molecule has 0 aromatic heterocycles. The van der Waals surface area contributed by atoms with Crippen molar-refractivity contribution < 1.29 is 27.9 Å². The van der Waals surface area contributed by atoms with E-state index in [0.717, 1.165) is 11.1 Å². The van der Waals surface area contributed by atoms with Crippen molar-refractivity contribution in [1.82, 2.24) is 5.06 Å². The number of halogens is 2. The van der Waals surface area contributed by atoms with Crippen LogP contribution in [0, 0.1) is 11.6 Å². The fourth-order valence-corrected chi connectivity index (χ4v) is 2.42. The molecule has 0 radical (unpaired) electrons. The molecule has 1 aliphatic rings. The van der Waals surface area contributed by atoms with Gasteiger partial charge in [0, 0.05) is 25.6 Å². The number of carbonyl (C=O) groups excluding carboxylic acids is 1. The van der Waals surface area contributed by atoms with Crippen molar-refractivity contribution in [2.75, 3.05) is 14.2 Å². The number of fused-ring (bicyclic) bond motifs is 1. The molecule has 1 unspecified atom stereocenters. The molecule has 0 saturated heterocycles. The minimum absolute atomic E-state index is 0.163. The summed E-state index contributed by atoms with van der Waals surface area (Å²) in [5.41, 5.74) is 0.354. The first kappa shape index (κ1) is 16.2. The summed E-state index contributed by atoms with van der Waals surface area (Å²) < 4.78 is 38.7. The molecule has 0 saturated carbocycles. The van der Waals surface area contributed by atoms with Gasteiger partial charge in [0.25, 0.3) is 11.7 Å². The Bertz CT molecular complexity index is 794. The van der Waals surface area contributed by atoms with E-state index in [1.165, 1.54) is 44.5 Å². The van der Waals surface area contributed by atoms with Gasteiger partial charge in [-0.15, -0.1) is 0 Å². The van der Waals surface area contributed by atoms with Gasteiger partial charge in [0.1, 0.15) is 11.6 Å². The highest BCUT2D eigenvalue weighted by molar-refractivity contribution is 5.94. The number of amides is 1. The maximum atomic E-state index is 14.2. The van der Waals surface area contributed by atoms with Crippen molar-refractivity contribution in [1.29, 1.82) is 0 Å². The minimum atomic E-state index is -1.24. The van der Waals surface area contributed by atoms with Crippen molar-refractivity contribution >= 4 is 5.91 Å². The second-order valence-electron chi connectivity index (χ2n) is 5.42. The van der Waals surface area contributed by atoms with Gasteiger partial charge in [0.05, 0.1) is 12.7 Å². The predicted molar refractivity (Wildman–Crippen MR) is 80.5 cm³/mol. The molecule has 0 aliphatic carbocycles. The Morgan fingerprint density at radius 1 is 1.12 bits per heavy atom. The Morgan fingerprint density at radius 2 is 1.71 bits per heavy atom. The van der Waals surface area contributed by atoms with Gasteiger partial charge >= 0.3 is 0 Å². The van der Waals surface area contributed by atoms with E-state index in [-0.39, 0.29) is 22.9 Å². The van der Waals surface area contributed by atoms with Crippen molar-refractivity contribution in [2.24, 2.45) is 0 Å². The average molecular weight is 335 g/mol. The van der Waals surface area contributed by atoms with Crippen molar-refractivity contribution in [2.45, 2.75) is 12.7 Å². The second kappa shape index (κ2) is 5.76. The lowest BCUT2D eigenvalue weighted by molar-refractivity contribution is -0.0760. The summed E-state index contributed by atoms with van der Waals surface area (Å²) in [4.78, 5) is 16.9. The number of rotatable bonds is 3. The Balaban J connectivity index is 1.95. The van der Waals surface area contributed by atoms with Crippen molar-refractivity contribution in [3.05, 3.63) is 59.2 Å². The van der Waals surface area contributed by atoms with Gasteiger partial charge in [-0.1, -0.05) is 0 Å². The zero-order valence-electron chi connectivity index (χ0n) is 13.3. The highest BCUT2D eigenvalue weighted by Gasteiger charge is 2.40. The molecule has 24 heavy (non-hydrogen) atoms. The zero-order chi connectivity index (χ0) is 17.5. The molecular formula is C17H15F2NO4. The molecule has 1 amide bonds. The van der Waals surface area contributed by atoms with Crippen LogP contribution in [0.3, 0.4) is 0 Å². The molecule has 0 N–H and O–H groups in total. The zero-order valence-corrected chi connectivity index (χ0v) is 13.3. The predicted octanol–water partition coefficient (Wildman–Crippen LogP) is 3.24. The molecule has 126 valence electrons. The molecule has 7 heteroatoms. The number of hydroxylamine groups is 2. The maximum Gasteiger partial charge on any atom is 0.280 e. The van der Waals surface area contributed by atoms with E-state index in [1.807, 2.05) is 0 Å². The molecule has 1 atom stereocenters. The molecule has 0 spiro atoms. The Kier molecular flexibility index (Phi) is 3.88. The van der Waals surface area contributed by atoms with Crippen LogP contribution in [0.1, 0.15) is 22.8 Å². The SMILES string of the molecule is CON(C)C(=O)c1cc2c(cc1F)OC(C)(c1ccc(F)cc1)O2. The van der Waals surface area contributed by atoms with E-state index in [0.29, 0.717) is 5.56 Å². The third-order valence-electron chi connectivity index (χ3n) is 3.80. The quantitative estimate of drug-likeness (QED) is 0.808. The van der Waals surface area contributed by atoms with Gasteiger partial charge < -0.3 is 9.47 Å². The number of benzene rings is 2. The molecule has 2 aromatic carbocycles. The monoisotopic (exact) mass is 335 g/mol. The number of ether oxygens (including phenoxy) is 2. The van der Waals surface area contributed by atoms with Gasteiger partial charge in [0.15, 0.2) is 11.5 Å². The Labute approximate surface area is 137 Å². The summed E-state index contributed by atoms with van der Waals surface area (Å²) in [6.45, 7) is 1.63.